The van der Waals surface area contributed by atoms with Gasteiger partial charge in [0.15, 0.2) is 5.96 Å². The van der Waals surface area contributed by atoms with Crippen molar-refractivity contribution in [1.82, 2.24) is 15.5 Å². The summed E-state index contributed by atoms with van der Waals surface area (Å²) in [4.78, 5) is 17.8. The third kappa shape index (κ3) is 6.26. The van der Waals surface area contributed by atoms with E-state index in [0.717, 1.165) is 43.4 Å². The van der Waals surface area contributed by atoms with Crippen LogP contribution in [0.2, 0.25) is 0 Å². The zero-order valence-electron chi connectivity index (χ0n) is 15.0. The minimum Gasteiger partial charge on any atom is -0.469 e. The molecule has 0 radical (unpaired) electrons. The lowest BCUT2D eigenvalue weighted by atomic mass is 9.87. The second kappa shape index (κ2) is 9.35. The van der Waals surface area contributed by atoms with Gasteiger partial charge in [-0.15, -0.1) is 0 Å². The molecule has 1 saturated carbocycles. The van der Waals surface area contributed by atoms with Crippen molar-refractivity contribution in [1.29, 1.82) is 0 Å². The number of likely N-dealkylation sites (N-methyl/N-ethyl adjacent to an activating group) is 1. The van der Waals surface area contributed by atoms with Gasteiger partial charge < -0.3 is 20.0 Å². The Morgan fingerprint density at radius 3 is 2.92 bits per heavy atom. The molecule has 1 heterocycles. The average molecular weight is 334 g/mol. The van der Waals surface area contributed by atoms with Gasteiger partial charge in [0.05, 0.1) is 6.26 Å². The maximum Gasteiger partial charge on any atom is 0.243 e. The molecule has 1 aliphatic rings. The molecule has 24 heavy (non-hydrogen) atoms. The molecule has 0 bridgehead atoms. The van der Waals surface area contributed by atoms with Crippen LogP contribution in [0.5, 0.6) is 0 Å². The Bertz CT molecular complexity index is 525. The van der Waals surface area contributed by atoms with E-state index >= 15 is 0 Å². The van der Waals surface area contributed by atoms with E-state index in [9.17, 15) is 4.79 Å². The van der Waals surface area contributed by atoms with E-state index < -0.39 is 0 Å². The van der Waals surface area contributed by atoms with Crippen molar-refractivity contribution in [3.05, 3.63) is 24.2 Å². The highest BCUT2D eigenvalue weighted by Gasteiger charge is 2.19. The SMILES string of the molecule is CC1CCCC(NC(=NCC(=O)N(C)C)NCCc2ccco2)C1. The number of rotatable bonds is 6. The number of amides is 1. The van der Waals surface area contributed by atoms with Gasteiger partial charge in [-0.25, -0.2) is 4.99 Å². The number of hydrogen-bond acceptors (Lipinski definition) is 3. The second-order valence-corrected chi connectivity index (χ2v) is 6.82. The van der Waals surface area contributed by atoms with Crippen LogP contribution in [-0.2, 0) is 11.2 Å². The Kier molecular flexibility index (Phi) is 7.15. The first-order chi connectivity index (χ1) is 11.5. The van der Waals surface area contributed by atoms with Crippen LogP contribution >= 0.6 is 0 Å². The number of guanidine groups is 1. The van der Waals surface area contributed by atoms with Gasteiger partial charge in [0.1, 0.15) is 12.3 Å². The molecule has 1 aromatic heterocycles. The van der Waals surface area contributed by atoms with Crippen LogP contribution in [0.25, 0.3) is 0 Å². The highest BCUT2D eigenvalue weighted by molar-refractivity contribution is 5.84. The average Bonchev–Trinajstić information content (AvgIpc) is 3.05. The van der Waals surface area contributed by atoms with Gasteiger partial charge in [-0.2, -0.15) is 0 Å². The third-order valence-corrected chi connectivity index (χ3v) is 4.39. The quantitative estimate of drug-likeness (QED) is 0.617. The molecular weight excluding hydrogens is 304 g/mol. The zero-order chi connectivity index (χ0) is 17.4. The predicted molar refractivity (Wildman–Crippen MR) is 96.0 cm³/mol. The molecule has 0 spiro atoms. The maximum absolute atomic E-state index is 11.8. The lowest BCUT2D eigenvalue weighted by molar-refractivity contribution is -0.127. The molecule has 0 saturated heterocycles. The minimum atomic E-state index is -0.000790. The summed E-state index contributed by atoms with van der Waals surface area (Å²) >= 11 is 0. The minimum absolute atomic E-state index is 0.000790. The van der Waals surface area contributed by atoms with Crippen molar-refractivity contribution in [2.45, 2.75) is 45.1 Å². The highest BCUT2D eigenvalue weighted by atomic mass is 16.3. The molecule has 1 fully saturated rings. The second-order valence-electron chi connectivity index (χ2n) is 6.82. The van der Waals surface area contributed by atoms with Crippen molar-refractivity contribution in [3.8, 4) is 0 Å². The number of carbonyl (C=O) groups excluding carboxylic acids is 1. The van der Waals surface area contributed by atoms with Crippen LogP contribution in [0.3, 0.4) is 0 Å². The standard InChI is InChI=1S/C18H30N4O2/c1-14-6-4-7-15(12-14)21-18(20-13-17(23)22(2)3)19-10-9-16-8-5-11-24-16/h5,8,11,14-15H,4,6-7,9-10,12-13H2,1-3H3,(H2,19,20,21). The maximum atomic E-state index is 11.8. The molecule has 1 amide bonds. The number of carbonyl (C=O) groups is 1. The Morgan fingerprint density at radius 1 is 1.42 bits per heavy atom. The summed E-state index contributed by atoms with van der Waals surface area (Å²) in [5.41, 5.74) is 0. The van der Waals surface area contributed by atoms with Gasteiger partial charge in [0, 0.05) is 33.1 Å². The van der Waals surface area contributed by atoms with Crippen LogP contribution < -0.4 is 10.6 Å². The molecule has 1 aromatic rings. The summed E-state index contributed by atoms with van der Waals surface area (Å²) < 4.78 is 5.35. The molecule has 2 atom stereocenters. The Hall–Kier alpha value is -1.98. The zero-order valence-corrected chi connectivity index (χ0v) is 15.0. The molecular formula is C18H30N4O2. The van der Waals surface area contributed by atoms with Gasteiger partial charge >= 0.3 is 0 Å². The van der Waals surface area contributed by atoms with Gasteiger partial charge in [-0.05, 0) is 30.9 Å². The molecule has 1 aliphatic carbocycles. The molecule has 0 aliphatic heterocycles. The first kappa shape index (κ1) is 18.4. The van der Waals surface area contributed by atoms with E-state index in [-0.39, 0.29) is 12.5 Å². The van der Waals surface area contributed by atoms with Crippen LogP contribution in [0, 0.1) is 5.92 Å². The summed E-state index contributed by atoms with van der Waals surface area (Å²) in [5, 5.41) is 6.82. The number of furan rings is 1. The fraction of sp³-hybridized carbons (Fsp3) is 0.667. The van der Waals surface area contributed by atoms with Gasteiger partial charge in [0.2, 0.25) is 5.91 Å². The fourth-order valence-electron chi connectivity index (χ4n) is 2.96. The van der Waals surface area contributed by atoms with E-state index in [4.69, 9.17) is 4.42 Å². The summed E-state index contributed by atoms with van der Waals surface area (Å²) in [6.07, 6.45) is 7.33. The largest absolute Gasteiger partial charge is 0.469 e. The molecule has 0 aromatic carbocycles. The number of aliphatic imine (C=N–C) groups is 1. The Balaban J connectivity index is 1.89. The van der Waals surface area contributed by atoms with E-state index in [1.807, 2.05) is 12.1 Å². The summed E-state index contributed by atoms with van der Waals surface area (Å²) in [5.74, 6) is 2.40. The number of nitrogens with zero attached hydrogens (tertiary/aromatic N) is 2. The van der Waals surface area contributed by atoms with Gasteiger partial charge in [0.25, 0.3) is 0 Å². The summed E-state index contributed by atoms with van der Waals surface area (Å²) in [6.45, 7) is 3.17. The molecule has 134 valence electrons. The molecule has 6 heteroatoms. The van der Waals surface area contributed by atoms with Crippen molar-refractivity contribution in [3.63, 3.8) is 0 Å². The van der Waals surface area contributed by atoms with Crippen LogP contribution in [-0.4, -0.2) is 50.0 Å². The lowest BCUT2D eigenvalue weighted by Crippen LogP contribution is -2.46. The molecule has 2 rings (SSSR count). The van der Waals surface area contributed by atoms with Gasteiger partial charge in [-0.3, -0.25) is 4.79 Å². The molecule has 6 nitrogen and oxygen atoms in total. The van der Waals surface area contributed by atoms with E-state index in [2.05, 4.69) is 22.5 Å². The normalized spacial score (nSPS) is 21.4. The predicted octanol–water partition coefficient (Wildman–Crippen LogP) is 2.02. The smallest absolute Gasteiger partial charge is 0.243 e. The monoisotopic (exact) mass is 334 g/mol. The Labute approximate surface area is 144 Å². The van der Waals surface area contributed by atoms with Crippen molar-refractivity contribution in [2.75, 3.05) is 27.2 Å². The van der Waals surface area contributed by atoms with Gasteiger partial charge in [-0.1, -0.05) is 19.8 Å². The molecule has 2 N–H and O–H groups in total. The number of hydrogen-bond donors (Lipinski definition) is 2. The van der Waals surface area contributed by atoms with Crippen LogP contribution in [0.1, 0.15) is 38.4 Å². The van der Waals surface area contributed by atoms with Crippen molar-refractivity contribution < 1.29 is 9.21 Å². The topological polar surface area (TPSA) is 69.9 Å². The van der Waals surface area contributed by atoms with Crippen molar-refractivity contribution >= 4 is 11.9 Å². The number of nitrogens with one attached hydrogen (secondary N) is 2. The van der Waals surface area contributed by atoms with E-state index in [1.165, 1.54) is 12.8 Å². The van der Waals surface area contributed by atoms with Crippen LogP contribution in [0.15, 0.2) is 27.8 Å². The summed E-state index contributed by atoms with van der Waals surface area (Å²) in [7, 11) is 3.50. The third-order valence-electron chi connectivity index (χ3n) is 4.39. The Morgan fingerprint density at radius 2 is 2.25 bits per heavy atom. The van der Waals surface area contributed by atoms with Crippen molar-refractivity contribution in [2.24, 2.45) is 10.9 Å². The first-order valence-corrected chi connectivity index (χ1v) is 8.82. The lowest BCUT2D eigenvalue weighted by Gasteiger charge is -2.29. The fourth-order valence-corrected chi connectivity index (χ4v) is 2.96. The van der Waals surface area contributed by atoms with E-state index in [0.29, 0.717) is 6.04 Å². The van der Waals surface area contributed by atoms with Crippen LogP contribution in [0.4, 0.5) is 0 Å². The first-order valence-electron chi connectivity index (χ1n) is 8.82. The van der Waals surface area contributed by atoms with E-state index in [1.54, 1.807) is 25.3 Å². The molecule has 2 unspecified atom stereocenters. The highest BCUT2D eigenvalue weighted by Crippen LogP contribution is 2.23. The summed E-state index contributed by atoms with van der Waals surface area (Å²) in [6, 6.07) is 4.28.